The van der Waals surface area contributed by atoms with Crippen molar-refractivity contribution in [2.75, 3.05) is 19.8 Å². The maximum Gasteiger partial charge on any atom is 0.0503 e. The average molecular weight is 144 g/mol. The molecule has 0 radical (unpaired) electrons. The molecule has 10 heavy (non-hydrogen) atoms. The first-order chi connectivity index (χ1) is 4.77. The Labute approximate surface area is 62.5 Å². The Kier molecular flexibility index (Phi) is 6.55. The van der Waals surface area contributed by atoms with E-state index in [0.29, 0.717) is 6.61 Å². The van der Waals surface area contributed by atoms with E-state index in [1.807, 2.05) is 6.92 Å². The van der Waals surface area contributed by atoms with Crippen molar-refractivity contribution in [3.05, 3.63) is 12.2 Å². The molecule has 60 valence electrons. The maximum atomic E-state index is 8.38. The van der Waals surface area contributed by atoms with Gasteiger partial charge in [-0.1, -0.05) is 5.57 Å². The monoisotopic (exact) mass is 144 g/mol. The van der Waals surface area contributed by atoms with Crippen LogP contribution in [0.3, 0.4) is 0 Å². The van der Waals surface area contributed by atoms with E-state index in [0.717, 1.165) is 25.0 Å². The van der Waals surface area contributed by atoms with Gasteiger partial charge in [0.15, 0.2) is 0 Å². The lowest BCUT2D eigenvalue weighted by Gasteiger charge is -2.01. The van der Waals surface area contributed by atoms with Crippen LogP contribution in [0.4, 0.5) is 0 Å². The van der Waals surface area contributed by atoms with E-state index in [1.54, 1.807) is 0 Å². The summed E-state index contributed by atoms with van der Waals surface area (Å²) in [6.45, 7) is 7.33. The quantitative estimate of drug-likeness (QED) is 0.450. The molecule has 0 aromatic rings. The molecule has 0 aliphatic carbocycles. The molecule has 0 fully saturated rings. The van der Waals surface area contributed by atoms with E-state index in [1.165, 1.54) is 0 Å². The molecule has 0 aromatic carbocycles. The van der Waals surface area contributed by atoms with Gasteiger partial charge in [0.05, 0.1) is 6.61 Å². The number of aliphatic hydroxyl groups is 1. The summed E-state index contributed by atoms with van der Waals surface area (Å²) in [6.07, 6.45) is 1.65. The third-order valence-electron chi connectivity index (χ3n) is 1.12. The van der Waals surface area contributed by atoms with E-state index < -0.39 is 0 Å². The van der Waals surface area contributed by atoms with Crippen molar-refractivity contribution in [2.24, 2.45) is 0 Å². The molecule has 2 heteroatoms. The molecular weight excluding hydrogens is 128 g/mol. The second-order valence-electron chi connectivity index (χ2n) is 2.40. The second kappa shape index (κ2) is 6.78. The Morgan fingerprint density at radius 3 is 2.70 bits per heavy atom. The van der Waals surface area contributed by atoms with Gasteiger partial charge in [0.2, 0.25) is 0 Å². The third-order valence-corrected chi connectivity index (χ3v) is 1.12. The summed E-state index contributed by atoms with van der Waals surface area (Å²) >= 11 is 0. The molecule has 0 spiro atoms. The number of hydrogen-bond donors (Lipinski definition) is 1. The van der Waals surface area contributed by atoms with Crippen molar-refractivity contribution in [2.45, 2.75) is 19.8 Å². The zero-order chi connectivity index (χ0) is 7.82. The summed E-state index contributed by atoms with van der Waals surface area (Å²) in [7, 11) is 0. The summed E-state index contributed by atoms with van der Waals surface area (Å²) < 4.78 is 5.16. The van der Waals surface area contributed by atoms with Crippen LogP contribution in [0.2, 0.25) is 0 Å². The first kappa shape index (κ1) is 9.66. The van der Waals surface area contributed by atoms with Gasteiger partial charge in [-0.15, -0.1) is 6.58 Å². The third kappa shape index (κ3) is 7.66. The number of rotatable bonds is 6. The van der Waals surface area contributed by atoms with E-state index in [9.17, 15) is 0 Å². The first-order valence-electron chi connectivity index (χ1n) is 3.60. The fourth-order valence-corrected chi connectivity index (χ4v) is 0.515. The molecule has 0 bridgehead atoms. The van der Waals surface area contributed by atoms with Gasteiger partial charge < -0.3 is 9.84 Å². The predicted molar refractivity (Wildman–Crippen MR) is 42.0 cm³/mol. The summed E-state index contributed by atoms with van der Waals surface area (Å²) in [5.41, 5.74) is 1.14. The highest BCUT2D eigenvalue weighted by atomic mass is 16.5. The molecule has 1 N–H and O–H groups in total. The Bertz CT molecular complexity index is 89.3. The highest BCUT2D eigenvalue weighted by Crippen LogP contribution is 1.95. The Morgan fingerprint density at radius 1 is 1.50 bits per heavy atom. The van der Waals surface area contributed by atoms with Crippen LogP contribution in [0, 0.1) is 0 Å². The van der Waals surface area contributed by atoms with Crippen LogP contribution in [0.5, 0.6) is 0 Å². The van der Waals surface area contributed by atoms with Gasteiger partial charge >= 0.3 is 0 Å². The maximum absolute atomic E-state index is 8.38. The van der Waals surface area contributed by atoms with Crippen LogP contribution in [0.25, 0.3) is 0 Å². The SMILES string of the molecule is C=C(C)CCOCCCO. The van der Waals surface area contributed by atoms with Crippen molar-refractivity contribution in [3.8, 4) is 0 Å². The molecule has 0 saturated carbocycles. The molecule has 0 aromatic heterocycles. The van der Waals surface area contributed by atoms with Crippen LogP contribution >= 0.6 is 0 Å². The zero-order valence-electron chi connectivity index (χ0n) is 6.60. The normalized spacial score (nSPS) is 9.80. The largest absolute Gasteiger partial charge is 0.396 e. The van der Waals surface area contributed by atoms with Gasteiger partial charge in [-0.25, -0.2) is 0 Å². The fraction of sp³-hybridized carbons (Fsp3) is 0.750. The fourth-order valence-electron chi connectivity index (χ4n) is 0.515. The van der Waals surface area contributed by atoms with Crippen LogP contribution < -0.4 is 0 Å². The summed E-state index contributed by atoms with van der Waals surface area (Å²) in [5, 5.41) is 8.38. The zero-order valence-corrected chi connectivity index (χ0v) is 6.60. The van der Waals surface area contributed by atoms with Gasteiger partial charge in [-0.2, -0.15) is 0 Å². The Balaban J connectivity index is 2.84. The highest BCUT2D eigenvalue weighted by Gasteiger charge is 1.87. The predicted octanol–water partition coefficient (Wildman–Crippen LogP) is 1.35. The highest BCUT2D eigenvalue weighted by molar-refractivity contribution is 4.86. The van der Waals surface area contributed by atoms with Crippen molar-refractivity contribution < 1.29 is 9.84 Å². The first-order valence-corrected chi connectivity index (χ1v) is 3.60. The van der Waals surface area contributed by atoms with Gasteiger partial charge in [0.25, 0.3) is 0 Å². The van der Waals surface area contributed by atoms with Gasteiger partial charge in [-0.3, -0.25) is 0 Å². The van der Waals surface area contributed by atoms with Gasteiger partial charge in [0, 0.05) is 13.2 Å². The van der Waals surface area contributed by atoms with Crippen LogP contribution in [-0.2, 0) is 4.74 Å². The lowest BCUT2D eigenvalue weighted by atomic mass is 10.3. The van der Waals surface area contributed by atoms with Crippen molar-refractivity contribution in [1.29, 1.82) is 0 Å². The van der Waals surface area contributed by atoms with Crippen molar-refractivity contribution >= 4 is 0 Å². The molecule has 0 atom stereocenters. The Hall–Kier alpha value is -0.340. The van der Waals surface area contributed by atoms with Crippen molar-refractivity contribution in [3.63, 3.8) is 0 Å². The van der Waals surface area contributed by atoms with Crippen LogP contribution in [0.1, 0.15) is 19.8 Å². The van der Waals surface area contributed by atoms with E-state index in [2.05, 4.69) is 6.58 Å². The van der Waals surface area contributed by atoms with Crippen molar-refractivity contribution in [1.82, 2.24) is 0 Å². The molecule has 0 amide bonds. The summed E-state index contributed by atoms with van der Waals surface area (Å²) in [6, 6.07) is 0. The molecule has 0 aliphatic heterocycles. The average Bonchev–Trinajstić information content (AvgIpc) is 1.87. The minimum Gasteiger partial charge on any atom is -0.396 e. The number of aliphatic hydroxyl groups excluding tert-OH is 1. The van der Waals surface area contributed by atoms with Crippen LogP contribution in [0.15, 0.2) is 12.2 Å². The standard InChI is InChI=1S/C8H16O2/c1-8(2)4-7-10-6-3-5-9/h9H,1,3-7H2,2H3. The molecule has 0 aliphatic rings. The van der Waals surface area contributed by atoms with Crippen LogP contribution in [-0.4, -0.2) is 24.9 Å². The smallest absolute Gasteiger partial charge is 0.0503 e. The summed E-state index contributed by atoms with van der Waals surface area (Å²) in [5.74, 6) is 0. The molecule has 2 nitrogen and oxygen atoms in total. The Morgan fingerprint density at radius 2 is 2.20 bits per heavy atom. The molecule has 0 unspecified atom stereocenters. The minimum atomic E-state index is 0.215. The number of ether oxygens (including phenoxy) is 1. The van der Waals surface area contributed by atoms with E-state index in [4.69, 9.17) is 9.84 Å². The lowest BCUT2D eigenvalue weighted by molar-refractivity contribution is 0.118. The molecule has 0 rings (SSSR count). The minimum absolute atomic E-state index is 0.215. The molecular formula is C8H16O2. The molecule has 0 heterocycles. The molecule has 0 saturated heterocycles. The lowest BCUT2D eigenvalue weighted by Crippen LogP contribution is -1.98. The van der Waals surface area contributed by atoms with E-state index >= 15 is 0 Å². The van der Waals surface area contributed by atoms with Gasteiger partial charge in [0.1, 0.15) is 0 Å². The van der Waals surface area contributed by atoms with E-state index in [-0.39, 0.29) is 6.61 Å². The topological polar surface area (TPSA) is 29.5 Å². The van der Waals surface area contributed by atoms with Gasteiger partial charge in [-0.05, 0) is 19.8 Å². The second-order valence-corrected chi connectivity index (χ2v) is 2.40. The number of hydrogen-bond acceptors (Lipinski definition) is 2. The summed E-state index contributed by atoms with van der Waals surface area (Å²) in [4.78, 5) is 0.